The maximum absolute atomic E-state index is 14.0. The number of H-pyrrole nitrogens is 1. The second-order valence-electron chi connectivity index (χ2n) is 23.2. The molecule has 3 fully saturated rings. The van der Waals surface area contributed by atoms with Gasteiger partial charge in [-0.3, -0.25) is 33.8 Å². The lowest BCUT2D eigenvalue weighted by Gasteiger charge is -2.35. The topological polar surface area (TPSA) is 183 Å². The molecule has 1 unspecified atom stereocenters. The minimum Gasteiger partial charge on any atom is -0.380 e. The van der Waals surface area contributed by atoms with Crippen LogP contribution in [0.15, 0.2) is 89.3 Å². The maximum Gasteiger partial charge on any atom is 0.253 e. The number of amides is 4. The summed E-state index contributed by atoms with van der Waals surface area (Å²) in [5.41, 5.74) is 11.3. The van der Waals surface area contributed by atoms with Crippen molar-refractivity contribution in [3.05, 3.63) is 134 Å². The molecule has 4 amide bonds. The van der Waals surface area contributed by atoms with E-state index in [9.17, 15) is 24.0 Å². The summed E-state index contributed by atoms with van der Waals surface area (Å²) < 4.78 is 14.1. The van der Waals surface area contributed by atoms with Crippen LogP contribution in [0.1, 0.15) is 122 Å². The van der Waals surface area contributed by atoms with Gasteiger partial charge in [-0.05, 0) is 122 Å². The number of aryl methyl sites for hydroxylation is 3. The lowest BCUT2D eigenvalue weighted by molar-refractivity contribution is -0.144. The summed E-state index contributed by atoms with van der Waals surface area (Å²) in [7, 11) is 0. The quantitative estimate of drug-likeness (QED) is 0.0453. The molecule has 6 aromatic rings. The molecule has 3 aromatic carbocycles. The number of aromatic nitrogens is 3. The number of carbonyl (C=O) groups excluding carboxylic acids is 4. The monoisotopic (exact) mass is 1110 g/mol. The van der Waals surface area contributed by atoms with E-state index in [1.165, 1.54) is 18.4 Å². The Hall–Kier alpha value is -6.50. The summed E-state index contributed by atoms with van der Waals surface area (Å²) in [5.74, 6) is -0.996. The molecule has 4 N–H and O–H groups in total. The van der Waals surface area contributed by atoms with E-state index in [0.717, 1.165) is 120 Å². The van der Waals surface area contributed by atoms with Gasteiger partial charge in [-0.2, -0.15) is 0 Å². The van der Waals surface area contributed by atoms with Crippen molar-refractivity contribution < 1.29 is 28.7 Å². The number of hydrogen-bond acceptors (Lipinski definition) is 11. The molecule has 16 nitrogen and oxygen atoms in total. The Morgan fingerprint density at radius 1 is 0.762 bits per heavy atom. The Labute approximate surface area is 475 Å². The third kappa shape index (κ3) is 14.7. The van der Waals surface area contributed by atoms with Crippen LogP contribution < -0.4 is 21.5 Å². The molecular formula is C63H81N9O7S. The first kappa shape index (κ1) is 58.2. The zero-order chi connectivity index (χ0) is 56.3. The molecule has 5 heterocycles. The SMILES string of the molecule is Cc1cc(C)c(CNC(=O)c2cc(-c3ccc(CN4CCN(CCOCCCCOCC(=O)NC(C(=O)N5CCC[C@H]5C(=O)NCc5ccc(-c6scnc6C)cc5)C(C)(C)C)CC4)cc3)cc3c2ccn3C2CCCC2)c(=O)[nH]1. The van der Waals surface area contributed by atoms with Gasteiger partial charge in [0.15, 0.2) is 0 Å². The number of benzene rings is 3. The lowest BCUT2D eigenvalue weighted by Crippen LogP contribution is -2.58. The zero-order valence-corrected chi connectivity index (χ0v) is 48.5. The molecule has 426 valence electrons. The number of piperazine rings is 1. The number of thiazole rings is 1. The van der Waals surface area contributed by atoms with Crippen LogP contribution >= 0.6 is 11.3 Å². The Bertz CT molecular complexity index is 3150. The molecule has 0 bridgehead atoms. The van der Waals surface area contributed by atoms with Crippen molar-refractivity contribution in [1.29, 1.82) is 0 Å². The summed E-state index contributed by atoms with van der Waals surface area (Å²) in [6.07, 6.45) is 9.67. The van der Waals surface area contributed by atoms with Crippen LogP contribution in [0.4, 0.5) is 0 Å². The minimum atomic E-state index is -0.813. The highest BCUT2D eigenvalue weighted by molar-refractivity contribution is 7.13. The number of rotatable bonds is 23. The molecule has 2 aliphatic heterocycles. The van der Waals surface area contributed by atoms with Crippen molar-refractivity contribution in [2.75, 3.05) is 65.7 Å². The van der Waals surface area contributed by atoms with Crippen molar-refractivity contribution in [1.82, 2.24) is 45.2 Å². The highest BCUT2D eigenvalue weighted by Crippen LogP contribution is 2.36. The number of carbonyl (C=O) groups is 4. The van der Waals surface area contributed by atoms with Crippen LogP contribution in [-0.4, -0.2) is 131 Å². The molecule has 0 radical (unpaired) electrons. The fourth-order valence-corrected chi connectivity index (χ4v) is 12.4. The minimum absolute atomic E-state index is 0.153. The molecule has 2 saturated heterocycles. The van der Waals surface area contributed by atoms with Gasteiger partial charge < -0.3 is 39.9 Å². The molecule has 3 aromatic heterocycles. The number of unbranched alkanes of at least 4 members (excludes halogenated alkanes) is 1. The Kier molecular flexibility index (Phi) is 19.5. The average molecular weight is 1110 g/mol. The molecule has 80 heavy (non-hydrogen) atoms. The second-order valence-corrected chi connectivity index (χ2v) is 24.0. The van der Waals surface area contributed by atoms with Crippen molar-refractivity contribution >= 4 is 45.9 Å². The lowest BCUT2D eigenvalue weighted by atomic mass is 9.85. The molecule has 17 heteroatoms. The van der Waals surface area contributed by atoms with Crippen molar-refractivity contribution in [3.8, 4) is 21.6 Å². The third-order valence-corrected chi connectivity index (χ3v) is 17.2. The highest BCUT2D eigenvalue weighted by atomic mass is 32.1. The Morgan fingerprint density at radius 3 is 2.16 bits per heavy atom. The van der Waals surface area contributed by atoms with Crippen molar-refractivity contribution in [3.63, 3.8) is 0 Å². The summed E-state index contributed by atoms with van der Waals surface area (Å²) in [5, 5.41) is 9.95. The van der Waals surface area contributed by atoms with E-state index in [-0.39, 0.29) is 42.3 Å². The van der Waals surface area contributed by atoms with Gasteiger partial charge in [-0.15, -0.1) is 11.3 Å². The first-order valence-corrected chi connectivity index (χ1v) is 29.7. The fraction of sp³-hybridized carbons (Fsp3) is 0.492. The van der Waals surface area contributed by atoms with E-state index < -0.39 is 17.5 Å². The van der Waals surface area contributed by atoms with Crippen LogP contribution in [0.2, 0.25) is 0 Å². The molecule has 0 spiro atoms. The van der Waals surface area contributed by atoms with E-state index in [1.807, 2.05) is 83.5 Å². The van der Waals surface area contributed by atoms with Crippen LogP contribution in [0, 0.1) is 26.2 Å². The number of hydrogen-bond donors (Lipinski definition) is 4. The number of aromatic amines is 1. The number of nitrogens with zero attached hydrogens (tertiary/aromatic N) is 5. The number of fused-ring (bicyclic) bond motifs is 1. The standard InChI is InChI=1S/C63H81N9O7S/c1-42-34-43(2)67-60(75)53(42)38-65-59(74)52-35-49(36-55-51(52)23-25-71(55)50-12-7-8-13-50)47-19-17-46(18-20-47)39-70-28-26-69(27-29-70)30-33-78-31-9-10-32-79-40-56(73)68-58(63(4,5)6)62(77)72-24-11-14-54(72)61(76)64-37-45-15-21-48(22-16-45)57-44(3)66-41-80-57/h15-23,25,34-36,41,50,54,58H,7-14,24,26-33,37-40H2,1-6H3,(H,64,76)(H,65,74)(H,67,75)(H,68,73)/t54-,58?/m0/s1. The van der Waals surface area contributed by atoms with E-state index in [0.29, 0.717) is 62.9 Å². The molecule has 3 aliphatic rings. The normalized spacial score (nSPS) is 16.8. The predicted octanol–water partition coefficient (Wildman–Crippen LogP) is 8.86. The Morgan fingerprint density at radius 2 is 1.46 bits per heavy atom. The van der Waals surface area contributed by atoms with Gasteiger partial charge >= 0.3 is 0 Å². The van der Waals surface area contributed by atoms with Gasteiger partial charge in [0.1, 0.15) is 18.7 Å². The Balaban J connectivity index is 0.659. The van der Waals surface area contributed by atoms with E-state index >= 15 is 0 Å². The number of likely N-dealkylation sites (tertiary alicyclic amines) is 1. The van der Waals surface area contributed by atoms with Crippen LogP contribution in [0.3, 0.4) is 0 Å². The van der Waals surface area contributed by atoms with Gasteiger partial charge in [0.25, 0.3) is 11.5 Å². The summed E-state index contributed by atoms with van der Waals surface area (Å²) in [6, 6.07) is 24.1. The maximum atomic E-state index is 14.0. The van der Waals surface area contributed by atoms with Gasteiger partial charge in [0.2, 0.25) is 17.7 Å². The second kappa shape index (κ2) is 26.8. The number of pyridine rings is 1. The molecule has 1 saturated carbocycles. The average Bonchev–Trinajstić information content (AvgIpc) is 4.30. The van der Waals surface area contributed by atoms with E-state index in [1.54, 1.807) is 16.2 Å². The van der Waals surface area contributed by atoms with Crippen molar-refractivity contribution in [2.24, 2.45) is 5.41 Å². The highest BCUT2D eigenvalue weighted by Gasteiger charge is 2.42. The fourth-order valence-electron chi connectivity index (χ4n) is 11.6. The molecular weight excluding hydrogens is 1030 g/mol. The smallest absolute Gasteiger partial charge is 0.253 e. The van der Waals surface area contributed by atoms with Gasteiger partial charge in [0.05, 0.1) is 22.7 Å². The van der Waals surface area contributed by atoms with Crippen LogP contribution in [0.25, 0.3) is 32.5 Å². The van der Waals surface area contributed by atoms with Gasteiger partial charge in [-0.25, -0.2) is 4.98 Å². The molecule has 2 atom stereocenters. The predicted molar refractivity (Wildman–Crippen MR) is 315 cm³/mol. The summed E-state index contributed by atoms with van der Waals surface area (Å²) in [4.78, 5) is 82.2. The summed E-state index contributed by atoms with van der Waals surface area (Å²) >= 11 is 1.60. The largest absolute Gasteiger partial charge is 0.380 e. The molecule has 9 rings (SSSR count). The summed E-state index contributed by atoms with van der Waals surface area (Å²) in [6.45, 7) is 19.6. The van der Waals surface area contributed by atoms with Gasteiger partial charge in [-0.1, -0.05) is 82.1 Å². The van der Waals surface area contributed by atoms with E-state index in [4.69, 9.17) is 9.47 Å². The first-order chi connectivity index (χ1) is 38.6. The number of nitrogens with one attached hydrogen (secondary N) is 4. The first-order valence-electron chi connectivity index (χ1n) is 28.8. The molecule has 1 aliphatic carbocycles. The number of ether oxygens (including phenoxy) is 2. The van der Waals surface area contributed by atoms with Gasteiger partial charge in [0, 0.05) is 112 Å². The van der Waals surface area contributed by atoms with Crippen LogP contribution in [0.5, 0.6) is 0 Å². The van der Waals surface area contributed by atoms with Crippen LogP contribution in [-0.2, 0) is 43.5 Å². The van der Waals surface area contributed by atoms with Crippen molar-refractivity contribution in [2.45, 2.75) is 131 Å². The zero-order valence-electron chi connectivity index (χ0n) is 47.7. The third-order valence-electron chi connectivity index (χ3n) is 16.2. The van der Waals surface area contributed by atoms with E-state index in [2.05, 4.69) is 82.9 Å².